The first-order valence-electron chi connectivity index (χ1n) is 8.52. The molecule has 0 radical (unpaired) electrons. The van der Waals surface area contributed by atoms with Gasteiger partial charge in [-0.2, -0.15) is 5.10 Å². The molecule has 3 heterocycles. The number of aromatic nitrogens is 2. The minimum Gasteiger partial charge on any atom is -0.330 e. The van der Waals surface area contributed by atoms with Crippen molar-refractivity contribution in [2.24, 2.45) is 0 Å². The van der Waals surface area contributed by atoms with Crippen molar-refractivity contribution in [1.82, 2.24) is 25.3 Å². The van der Waals surface area contributed by atoms with Crippen molar-refractivity contribution in [2.75, 3.05) is 20.1 Å². The Bertz CT molecular complexity index is 556. The van der Waals surface area contributed by atoms with Gasteiger partial charge < -0.3 is 10.2 Å². The van der Waals surface area contributed by atoms with E-state index < -0.39 is 0 Å². The number of urea groups is 1. The van der Waals surface area contributed by atoms with Gasteiger partial charge in [0.1, 0.15) is 0 Å². The fraction of sp³-hybridized carbons (Fsp3) is 0.750. The molecule has 120 valence electrons. The van der Waals surface area contributed by atoms with Crippen LogP contribution < -0.4 is 5.32 Å². The fourth-order valence-corrected chi connectivity index (χ4v) is 4.34. The molecule has 3 aliphatic rings. The number of H-pyrrole nitrogens is 1. The van der Waals surface area contributed by atoms with Gasteiger partial charge in [0.15, 0.2) is 0 Å². The molecule has 1 aromatic rings. The second-order valence-electron chi connectivity index (χ2n) is 6.99. The van der Waals surface area contributed by atoms with Crippen LogP contribution in [-0.2, 0) is 6.42 Å². The van der Waals surface area contributed by atoms with E-state index in [2.05, 4.69) is 27.5 Å². The molecule has 4 rings (SSSR count). The van der Waals surface area contributed by atoms with E-state index in [0.717, 1.165) is 44.5 Å². The smallest absolute Gasteiger partial charge is 0.317 e. The van der Waals surface area contributed by atoms with Gasteiger partial charge in [-0.25, -0.2) is 4.79 Å². The summed E-state index contributed by atoms with van der Waals surface area (Å²) in [5.74, 6) is 0. The largest absolute Gasteiger partial charge is 0.330 e. The highest BCUT2D eigenvalue weighted by atomic mass is 16.2. The maximum absolute atomic E-state index is 12.7. The molecule has 0 spiro atoms. The van der Waals surface area contributed by atoms with E-state index in [1.54, 1.807) is 0 Å². The van der Waals surface area contributed by atoms with E-state index in [1.165, 1.54) is 18.4 Å². The van der Waals surface area contributed by atoms with Crippen LogP contribution in [0.5, 0.6) is 0 Å². The average molecular weight is 303 g/mol. The topological polar surface area (TPSA) is 64.3 Å². The summed E-state index contributed by atoms with van der Waals surface area (Å²) < 4.78 is 0. The maximum atomic E-state index is 12.7. The molecular weight excluding hydrogens is 278 g/mol. The van der Waals surface area contributed by atoms with Crippen molar-refractivity contribution in [3.8, 4) is 0 Å². The molecule has 3 atom stereocenters. The molecule has 0 aromatic carbocycles. The van der Waals surface area contributed by atoms with Crippen LogP contribution in [0.25, 0.3) is 0 Å². The highest BCUT2D eigenvalue weighted by Crippen LogP contribution is 2.30. The zero-order valence-electron chi connectivity index (χ0n) is 13.2. The quantitative estimate of drug-likeness (QED) is 0.829. The summed E-state index contributed by atoms with van der Waals surface area (Å²) in [5.41, 5.74) is 2.36. The minimum absolute atomic E-state index is 0.0911. The Kier molecular flexibility index (Phi) is 3.56. The number of nitrogens with zero attached hydrogens (tertiary/aromatic N) is 3. The van der Waals surface area contributed by atoms with Gasteiger partial charge in [0.2, 0.25) is 0 Å². The average Bonchev–Trinajstić information content (AvgIpc) is 3.05. The summed E-state index contributed by atoms with van der Waals surface area (Å²) in [6.07, 6.45) is 8.69. The third-order valence-electron chi connectivity index (χ3n) is 5.77. The Morgan fingerprint density at radius 3 is 3.09 bits per heavy atom. The number of hydrogen-bond donors (Lipinski definition) is 2. The van der Waals surface area contributed by atoms with Gasteiger partial charge in [-0.1, -0.05) is 0 Å². The summed E-state index contributed by atoms with van der Waals surface area (Å²) in [6.45, 7) is 1.74. The zero-order valence-corrected chi connectivity index (χ0v) is 13.2. The van der Waals surface area contributed by atoms with Crippen molar-refractivity contribution >= 4 is 6.03 Å². The Morgan fingerprint density at radius 2 is 2.18 bits per heavy atom. The number of aromatic amines is 1. The number of aryl methyl sites for hydroxylation is 1. The third kappa shape index (κ3) is 2.39. The van der Waals surface area contributed by atoms with E-state index in [1.807, 2.05) is 11.1 Å². The van der Waals surface area contributed by atoms with Crippen LogP contribution in [0.1, 0.15) is 49.4 Å². The molecule has 0 unspecified atom stereocenters. The number of likely N-dealkylation sites (N-methyl/N-ethyl adjacent to an activating group) is 1. The standard InChI is InChI=1S/C16H25N5O/c1-20-12-5-6-13(20)10-21(8-7-12)16(22)18-14-4-2-3-11-9-17-19-15(11)14/h9,12-14H,2-8,10H2,1H3,(H,17,19)(H,18,22)/t12-,13-,14-/m0/s1. The van der Waals surface area contributed by atoms with Crippen molar-refractivity contribution in [1.29, 1.82) is 0 Å². The third-order valence-corrected chi connectivity index (χ3v) is 5.77. The molecule has 2 bridgehead atoms. The molecule has 2 saturated heterocycles. The fourth-order valence-electron chi connectivity index (χ4n) is 4.34. The number of amides is 2. The molecule has 6 nitrogen and oxygen atoms in total. The first-order chi connectivity index (χ1) is 10.7. The SMILES string of the molecule is CN1[C@H]2CC[C@H]1CN(C(=O)N[C@H]1CCCc3cn[nH]c31)CC2. The lowest BCUT2D eigenvalue weighted by Gasteiger charge is -2.29. The molecule has 2 fully saturated rings. The molecule has 0 saturated carbocycles. The van der Waals surface area contributed by atoms with Crippen molar-refractivity contribution < 1.29 is 4.79 Å². The van der Waals surface area contributed by atoms with E-state index in [-0.39, 0.29) is 12.1 Å². The monoisotopic (exact) mass is 303 g/mol. The van der Waals surface area contributed by atoms with Gasteiger partial charge in [-0.3, -0.25) is 10.00 Å². The second kappa shape index (κ2) is 5.57. The van der Waals surface area contributed by atoms with Crippen molar-refractivity contribution in [2.45, 2.75) is 56.7 Å². The number of nitrogens with one attached hydrogen (secondary N) is 2. The highest BCUT2D eigenvalue weighted by Gasteiger charge is 2.36. The second-order valence-corrected chi connectivity index (χ2v) is 6.99. The molecule has 1 aromatic heterocycles. The Balaban J connectivity index is 1.43. The normalized spacial score (nSPS) is 31.7. The van der Waals surface area contributed by atoms with Gasteiger partial charge in [0, 0.05) is 25.2 Å². The van der Waals surface area contributed by atoms with Crippen LogP contribution >= 0.6 is 0 Å². The van der Waals surface area contributed by atoms with Crippen molar-refractivity contribution in [3.63, 3.8) is 0 Å². The number of fused-ring (bicyclic) bond motifs is 3. The lowest BCUT2D eigenvalue weighted by molar-refractivity contribution is 0.183. The molecule has 2 N–H and O–H groups in total. The first-order valence-corrected chi connectivity index (χ1v) is 8.52. The lowest BCUT2D eigenvalue weighted by atomic mass is 9.94. The van der Waals surface area contributed by atoms with Gasteiger partial charge in [0.05, 0.1) is 17.9 Å². The predicted octanol–water partition coefficient (Wildman–Crippen LogP) is 1.67. The lowest BCUT2D eigenvalue weighted by Crippen LogP contribution is -2.46. The van der Waals surface area contributed by atoms with Gasteiger partial charge in [0.25, 0.3) is 0 Å². The van der Waals surface area contributed by atoms with E-state index in [9.17, 15) is 4.79 Å². The summed E-state index contributed by atoms with van der Waals surface area (Å²) >= 11 is 0. The summed E-state index contributed by atoms with van der Waals surface area (Å²) in [7, 11) is 2.21. The Hall–Kier alpha value is -1.56. The Labute approximate surface area is 131 Å². The van der Waals surface area contributed by atoms with Crippen LogP contribution in [-0.4, -0.2) is 58.2 Å². The van der Waals surface area contributed by atoms with E-state index in [0.29, 0.717) is 12.1 Å². The minimum atomic E-state index is 0.0911. The van der Waals surface area contributed by atoms with E-state index in [4.69, 9.17) is 0 Å². The maximum Gasteiger partial charge on any atom is 0.317 e. The number of likely N-dealkylation sites (tertiary alicyclic amines) is 1. The summed E-state index contributed by atoms with van der Waals surface area (Å²) in [5, 5.41) is 10.4. The van der Waals surface area contributed by atoms with Gasteiger partial charge >= 0.3 is 6.03 Å². The summed E-state index contributed by atoms with van der Waals surface area (Å²) in [6, 6.07) is 1.38. The zero-order chi connectivity index (χ0) is 15.1. The van der Waals surface area contributed by atoms with Gasteiger partial charge in [-0.15, -0.1) is 0 Å². The predicted molar refractivity (Wildman–Crippen MR) is 83.6 cm³/mol. The molecule has 2 aliphatic heterocycles. The molecule has 6 heteroatoms. The van der Waals surface area contributed by atoms with Crippen LogP contribution in [0.2, 0.25) is 0 Å². The van der Waals surface area contributed by atoms with Crippen molar-refractivity contribution in [3.05, 3.63) is 17.5 Å². The number of rotatable bonds is 1. The number of hydrogen-bond acceptors (Lipinski definition) is 3. The number of carbonyl (C=O) groups is 1. The number of carbonyl (C=O) groups excluding carboxylic acids is 1. The first kappa shape index (κ1) is 14.1. The summed E-state index contributed by atoms with van der Waals surface area (Å²) in [4.78, 5) is 17.2. The van der Waals surface area contributed by atoms with E-state index >= 15 is 0 Å². The Morgan fingerprint density at radius 1 is 1.32 bits per heavy atom. The van der Waals surface area contributed by atoms with Crippen LogP contribution in [0.15, 0.2) is 6.20 Å². The van der Waals surface area contributed by atoms with Crippen LogP contribution in [0, 0.1) is 0 Å². The molecular formula is C16H25N5O. The van der Waals surface area contributed by atoms with Crippen LogP contribution in [0.4, 0.5) is 4.79 Å². The molecule has 2 amide bonds. The van der Waals surface area contributed by atoms with Gasteiger partial charge in [-0.05, 0) is 51.1 Å². The highest BCUT2D eigenvalue weighted by molar-refractivity contribution is 5.75. The molecule has 1 aliphatic carbocycles. The molecule has 22 heavy (non-hydrogen) atoms. The van der Waals surface area contributed by atoms with Crippen LogP contribution in [0.3, 0.4) is 0 Å².